The molecule has 2 aromatic carbocycles. The highest BCUT2D eigenvalue weighted by molar-refractivity contribution is 5.97. The lowest BCUT2D eigenvalue weighted by molar-refractivity contribution is -0.138. The van der Waals surface area contributed by atoms with Gasteiger partial charge < -0.3 is 10.0 Å². The van der Waals surface area contributed by atoms with Gasteiger partial charge in [-0.25, -0.2) is 9.37 Å². The number of fused-ring (bicyclic) bond motifs is 1. The number of nitrogens with zero attached hydrogens (tertiary/aromatic N) is 2. The molecule has 2 atom stereocenters. The number of benzene rings is 2. The first kappa shape index (κ1) is 21.4. The van der Waals surface area contributed by atoms with E-state index in [1.54, 1.807) is 24.3 Å². The Bertz CT molecular complexity index is 1190. The lowest BCUT2D eigenvalue weighted by Crippen LogP contribution is -2.52. The van der Waals surface area contributed by atoms with Crippen LogP contribution in [-0.4, -0.2) is 51.4 Å². The van der Waals surface area contributed by atoms with Gasteiger partial charge in [-0.3, -0.25) is 25.2 Å². The molecule has 4 rings (SSSR count). The quantitative estimate of drug-likeness (QED) is 0.535. The van der Waals surface area contributed by atoms with Crippen molar-refractivity contribution in [2.45, 2.75) is 25.0 Å². The van der Waals surface area contributed by atoms with Crippen LogP contribution in [0.15, 0.2) is 60.7 Å². The van der Waals surface area contributed by atoms with E-state index in [0.29, 0.717) is 5.52 Å². The van der Waals surface area contributed by atoms with Crippen LogP contribution < -0.4 is 10.9 Å². The van der Waals surface area contributed by atoms with Gasteiger partial charge in [-0.05, 0) is 23.8 Å². The molecule has 2 heterocycles. The molecule has 3 N–H and O–H groups in total. The lowest BCUT2D eigenvalue weighted by Gasteiger charge is -2.24. The molecule has 3 amide bonds. The number of pyridine rings is 1. The van der Waals surface area contributed by atoms with E-state index in [1.807, 2.05) is 12.1 Å². The molecule has 0 saturated carbocycles. The number of aliphatic hydroxyl groups is 1. The van der Waals surface area contributed by atoms with Crippen molar-refractivity contribution >= 4 is 28.6 Å². The number of aromatic nitrogens is 1. The van der Waals surface area contributed by atoms with Gasteiger partial charge >= 0.3 is 0 Å². The highest BCUT2D eigenvalue weighted by Gasteiger charge is 2.39. The van der Waals surface area contributed by atoms with Crippen LogP contribution in [0.2, 0.25) is 0 Å². The molecule has 1 fully saturated rings. The Hall–Kier alpha value is -3.85. The molecule has 0 unspecified atom stereocenters. The van der Waals surface area contributed by atoms with Crippen molar-refractivity contribution in [3.8, 4) is 0 Å². The molecule has 1 saturated heterocycles. The maximum Gasteiger partial charge on any atom is 0.288 e. The molecule has 3 aromatic rings. The summed E-state index contributed by atoms with van der Waals surface area (Å²) >= 11 is 0. The molecule has 1 aliphatic heterocycles. The number of rotatable bonds is 4. The molecule has 8 nitrogen and oxygen atoms in total. The fraction of sp³-hybridized carbons (Fsp3) is 0.217. The average Bonchev–Trinajstić information content (AvgIpc) is 3.20. The van der Waals surface area contributed by atoms with Crippen LogP contribution in [0.1, 0.15) is 22.5 Å². The lowest BCUT2D eigenvalue weighted by atomic mass is 10.1. The van der Waals surface area contributed by atoms with E-state index in [2.05, 4.69) is 15.8 Å². The average molecular weight is 436 g/mol. The van der Waals surface area contributed by atoms with E-state index in [1.165, 1.54) is 29.2 Å². The van der Waals surface area contributed by atoms with Crippen molar-refractivity contribution in [1.29, 1.82) is 0 Å². The van der Waals surface area contributed by atoms with E-state index >= 15 is 0 Å². The zero-order valence-corrected chi connectivity index (χ0v) is 17.0. The summed E-state index contributed by atoms with van der Waals surface area (Å²) in [6.45, 7) is -0.0501. The molecule has 32 heavy (non-hydrogen) atoms. The fourth-order valence-electron chi connectivity index (χ4n) is 3.70. The second-order valence-electron chi connectivity index (χ2n) is 7.55. The first-order chi connectivity index (χ1) is 15.4. The van der Waals surface area contributed by atoms with Gasteiger partial charge in [0.2, 0.25) is 5.91 Å². The molecular weight excluding hydrogens is 415 g/mol. The topological polar surface area (TPSA) is 112 Å². The molecule has 164 valence electrons. The minimum absolute atomic E-state index is 0.0128. The molecule has 9 heteroatoms. The monoisotopic (exact) mass is 436 g/mol. The zero-order chi connectivity index (χ0) is 22.7. The summed E-state index contributed by atoms with van der Waals surface area (Å²) in [6, 6.07) is 15.5. The van der Waals surface area contributed by atoms with E-state index < -0.39 is 35.7 Å². The summed E-state index contributed by atoms with van der Waals surface area (Å²) in [4.78, 5) is 43.2. The third kappa shape index (κ3) is 4.57. The Balaban J connectivity index is 1.40. The molecular formula is C23H21FN4O4. The van der Waals surface area contributed by atoms with Crippen LogP contribution in [0, 0.1) is 5.82 Å². The first-order valence-corrected chi connectivity index (χ1v) is 10.1. The number of hydrogen-bond acceptors (Lipinski definition) is 5. The number of likely N-dealkylation sites (tertiary alicyclic amines) is 1. The summed E-state index contributed by atoms with van der Waals surface area (Å²) in [6.07, 6.45) is -1.12. The Labute approximate surface area is 183 Å². The van der Waals surface area contributed by atoms with Crippen LogP contribution in [0.4, 0.5) is 4.39 Å². The largest absolute Gasteiger partial charge is 0.391 e. The van der Waals surface area contributed by atoms with Gasteiger partial charge in [-0.1, -0.05) is 42.5 Å². The number of para-hydroxylation sites is 1. The highest BCUT2D eigenvalue weighted by Crippen LogP contribution is 2.20. The number of amides is 3. The van der Waals surface area contributed by atoms with Crippen LogP contribution in [-0.2, 0) is 16.0 Å². The van der Waals surface area contributed by atoms with Gasteiger partial charge in [0.1, 0.15) is 17.6 Å². The highest BCUT2D eigenvalue weighted by atomic mass is 19.1. The molecule has 0 radical (unpaired) electrons. The van der Waals surface area contributed by atoms with Crippen molar-refractivity contribution in [3.05, 3.63) is 77.7 Å². The van der Waals surface area contributed by atoms with Crippen molar-refractivity contribution in [3.63, 3.8) is 0 Å². The Morgan fingerprint density at radius 1 is 1.03 bits per heavy atom. The Kier molecular flexibility index (Phi) is 6.09. The van der Waals surface area contributed by atoms with Gasteiger partial charge in [0.15, 0.2) is 0 Å². The normalized spacial score (nSPS) is 17.9. The van der Waals surface area contributed by atoms with Crippen LogP contribution in [0.3, 0.4) is 0 Å². The van der Waals surface area contributed by atoms with Crippen molar-refractivity contribution in [2.24, 2.45) is 0 Å². The minimum Gasteiger partial charge on any atom is -0.391 e. The van der Waals surface area contributed by atoms with Gasteiger partial charge in [0, 0.05) is 18.4 Å². The number of carbonyl (C=O) groups excluding carboxylic acids is 3. The summed E-state index contributed by atoms with van der Waals surface area (Å²) < 4.78 is 13.9. The minimum atomic E-state index is -0.992. The van der Waals surface area contributed by atoms with Gasteiger partial charge in [0.05, 0.1) is 18.0 Å². The van der Waals surface area contributed by atoms with Crippen LogP contribution >= 0.6 is 0 Å². The SMILES string of the molecule is O=C(NNC(=O)[C@H]1C[C@H](O)CN1C(=O)Cc1ccccc1F)c1ccc2ccccc2n1. The summed E-state index contributed by atoms with van der Waals surface area (Å²) in [5.74, 6) is -2.28. The van der Waals surface area contributed by atoms with E-state index in [-0.39, 0.29) is 30.6 Å². The first-order valence-electron chi connectivity index (χ1n) is 10.1. The molecule has 0 spiro atoms. The molecule has 1 aromatic heterocycles. The van der Waals surface area contributed by atoms with Gasteiger partial charge in [0.25, 0.3) is 11.8 Å². The third-order valence-electron chi connectivity index (χ3n) is 5.33. The Morgan fingerprint density at radius 3 is 2.59 bits per heavy atom. The predicted molar refractivity (Wildman–Crippen MR) is 114 cm³/mol. The molecule has 0 bridgehead atoms. The van der Waals surface area contributed by atoms with Gasteiger partial charge in [-0.2, -0.15) is 0 Å². The smallest absolute Gasteiger partial charge is 0.288 e. The second kappa shape index (κ2) is 9.11. The molecule has 1 aliphatic rings. The van der Waals surface area contributed by atoms with Crippen LogP contribution in [0.5, 0.6) is 0 Å². The van der Waals surface area contributed by atoms with E-state index in [9.17, 15) is 23.9 Å². The Morgan fingerprint density at radius 2 is 1.78 bits per heavy atom. The number of halogens is 1. The third-order valence-corrected chi connectivity index (χ3v) is 5.33. The number of hydrogen-bond donors (Lipinski definition) is 3. The summed E-state index contributed by atoms with van der Waals surface area (Å²) in [5.41, 5.74) is 5.54. The number of hydrazine groups is 1. The zero-order valence-electron chi connectivity index (χ0n) is 17.0. The maximum atomic E-state index is 13.9. The van der Waals surface area contributed by atoms with Crippen LogP contribution in [0.25, 0.3) is 10.9 Å². The predicted octanol–water partition coefficient (Wildman–Crippen LogP) is 1.34. The van der Waals surface area contributed by atoms with Crippen molar-refractivity contribution in [2.75, 3.05) is 6.54 Å². The second-order valence-corrected chi connectivity index (χ2v) is 7.55. The molecule has 0 aliphatic carbocycles. The van der Waals surface area contributed by atoms with E-state index in [0.717, 1.165) is 5.39 Å². The standard InChI is InChI=1S/C23H21FN4O4/c24-17-7-3-1-6-15(17)11-21(30)28-13-16(29)12-20(28)23(32)27-26-22(31)19-10-9-14-5-2-4-8-18(14)25-19/h1-10,16,20,29H,11-13H2,(H,26,31)(H,27,32)/t16-,20+/m0/s1. The van der Waals surface area contributed by atoms with Crippen molar-refractivity contribution < 1.29 is 23.9 Å². The number of aliphatic hydroxyl groups excluding tert-OH is 1. The summed E-state index contributed by atoms with van der Waals surface area (Å²) in [5, 5.41) is 10.9. The van der Waals surface area contributed by atoms with E-state index in [4.69, 9.17) is 0 Å². The number of β-amino-alcohol motifs (C(OH)–C–C–N with tert-alkyl or cyclic N) is 1. The maximum absolute atomic E-state index is 13.9. The van der Waals surface area contributed by atoms with Gasteiger partial charge in [-0.15, -0.1) is 0 Å². The fourth-order valence-corrected chi connectivity index (χ4v) is 3.70. The summed E-state index contributed by atoms with van der Waals surface area (Å²) in [7, 11) is 0. The number of carbonyl (C=O) groups is 3. The van der Waals surface area contributed by atoms with Crippen molar-refractivity contribution in [1.82, 2.24) is 20.7 Å². The number of nitrogens with one attached hydrogen (secondary N) is 2.